The van der Waals surface area contributed by atoms with Crippen LogP contribution in [0.2, 0.25) is 10.0 Å². The molecule has 3 aliphatic heterocycles. The van der Waals surface area contributed by atoms with E-state index >= 15 is 0 Å². The quantitative estimate of drug-likeness (QED) is 0.687. The molecule has 7 heteroatoms. The Kier molecular flexibility index (Phi) is 6.27. The fourth-order valence-corrected chi connectivity index (χ4v) is 5.84. The Morgan fingerprint density at radius 2 is 1.77 bits per heavy atom. The van der Waals surface area contributed by atoms with E-state index in [9.17, 15) is 4.79 Å². The topological polar surface area (TPSA) is 36.0 Å². The normalized spacial score (nSPS) is 30.5. The summed E-state index contributed by atoms with van der Waals surface area (Å²) in [6.07, 6.45) is 5.57. The number of hydrogen-bond donors (Lipinski definition) is 0. The van der Waals surface area contributed by atoms with E-state index in [4.69, 9.17) is 27.9 Å². The second kappa shape index (κ2) is 8.95. The molecule has 3 atom stereocenters. The summed E-state index contributed by atoms with van der Waals surface area (Å²) in [5.41, 5.74) is 0.927. The second-order valence-electron chi connectivity index (χ2n) is 9.36. The first-order chi connectivity index (χ1) is 14.6. The molecule has 0 aromatic heterocycles. The lowest BCUT2D eigenvalue weighted by atomic mass is 9.90. The highest BCUT2D eigenvalue weighted by Gasteiger charge is 2.48. The SMILES string of the molecule is O=C(Cc1ccc(Cl)c(Cl)c1)N1CCN(CC2CC2)[C@@H]2COCC(N3CCCC3)[C@H]21. The Hall–Kier alpha value is -0.850. The molecule has 164 valence electrons. The average Bonchev–Trinajstić information content (AvgIpc) is 3.39. The van der Waals surface area contributed by atoms with Gasteiger partial charge in [0.15, 0.2) is 0 Å². The Labute approximate surface area is 189 Å². The number of amides is 1. The Bertz CT molecular complexity index is 782. The number of halogens is 2. The van der Waals surface area contributed by atoms with E-state index in [-0.39, 0.29) is 11.9 Å². The maximum absolute atomic E-state index is 13.5. The molecule has 3 heterocycles. The maximum atomic E-state index is 13.5. The largest absolute Gasteiger partial charge is 0.378 e. The van der Waals surface area contributed by atoms with Gasteiger partial charge in [-0.2, -0.15) is 0 Å². The van der Waals surface area contributed by atoms with Crippen LogP contribution < -0.4 is 0 Å². The molecule has 1 unspecified atom stereocenters. The monoisotopic (exact) mass is 451 g/mol. The molecule has 4 aliphatic rings. The number of carbonyl (C=O) groups excluding carboxylic acids is 1. The first-order valence-corrected chi connectivity index (χ1v) is 12.1. The molecule has 0 bridgehead atoms. The van der Waals surface area contributed by atoms with Gasteiger partial charge in [-0.15, -0.1) is 0 Å². The third-order valence-electron chi connectivity index (χ3n) is 7.28. The smallest absolute Gasteiger partial charge is 0.227 e. The molecular weight excluding hydrogens is 421 g/mol. The zero-order valence-electron chi connectivity index (χ0n) is 17.4. The fraction of sp³-hybridized carbons (Fsp3) is 0.696. The third kappa shape index (κ3) is 4.37. The molecule has 1 aromatic carbocycles. The molecule has 1 amide bonds. The zero-order valence-corrected chi connectivity index (χ0v) is 19.0. The van der Waals surface area contributed by atoms with E-state index in [1.165, 1.54) is 25.7 Å². The van der Waals surface area contributed by atoms with Crippen molar-refractivity contribution in [3.63, 3.8) is 0 Å². The summed E-state index contributed by atoms with van der Waals surface area (Å²) < 4.78 is 6.12. The highest BCUT2D eigenvalue weighted by atomic mass is 35.5. The first kappa shape index (κ1) is 21.0. The van der Waals surface area contributed by atoms with Gasteiger partial charge in [0.25, 0.3) is 0 Å². The van der Waals surface area contributed by atoms with Crippen molar-refractivity contribution >= 4 is 29.1 Å². The average molecular weight is 452 g/mol. The van der Waals surface area contributed by atoms with Crippen LogP contribution in [-0.4, -0.2) is 84.7 Å². The van der Waals surface area contributed by atoms with Crippen LogP contribution in [0.15, 0.2) is 18.2 Å². The predicted octanol–water partition coefficient (Wildman–Crippen LogP) is 3.32. The van der Waals surface area contributed by atoms with E-state index in [2.05, 4.69) is 14.7 Å². The fourth-order valence-electron chi connectivity index (χ4n) is 5.52. The van der Waals surface area contributed by atoms with E-state index in [0.717, 1.165) is 57.4 Å². The summed E-state index contributed by atoms with van der Waals surface area (Å²) in [6, 6.07) is 6.33. The lowest BCUT2D eigenvalue weighted by molar-refractivity contribution is -0.152. The van der Waals surface area contributed by atoms with Gasteiger partial charge in [-0.1, -0.05) is 29.3 Å². The molecule has 5 rings (SSSR count). The minimum atomic E-state index is 0.195. The van der Waals surface area contributed by atoms with Crippen molar-refractivity contribution in [1.82, 2.24) is 14.7 Å². The number of likely N-dealkylation sites (tertiary alicyclic amines) is 1. The number of benzene rings is 1. The van der Waals surface area contributed by atoms with Crippen molar-refractivity contribution in [3.05, 3.63) is 33.8 Å². The summed E-state index contributed by atoms with van der Waals surface area (Å²) in [7, 11) is 0. The molecule has 4 fully saturated rings. The van der Waals surface area contributed by atoms with Crippen LogP contribution in [0.25, 0.3) is 0 Å². The summed E-state index contributed by atoms with van der Waals surface area (Å²) >= 11 is 12.2. The molecule has 0 radical (unpaired) electrons. The molecular formula is C23H31Cl2N3O2. The number of rotatable bonds is 5. The van der Waals surface area contributed by atoms with Crippen molar-refractivity contribution in [2.75, 3.05) is 45.9 Å². The van der Waals surface area contributed by atoms with Gasteiger partial charge in [-0.3, -0.25) is 14.6 Å². The Morgan fingerprint density at radius 1 is 1.00 bits per heavy atom. The molecule has 0 spiro atoms. The Morgan fingerprint density at radius 3 is 2.50 bits per heavy atom. The summed E-state index contributed by atoms with van der Waals surface area (Å²) in [5, 5.41) is 1.04. The number of carbonyl (C=O) groups is 1. The lowest BCUT2D eigenvalue weighted by Crippen LogP contribution is -2.71. The minimum absolute atomic E-state index is 0.195. The Balaban J connectivity index is 1.37. The van der Waals surface area contributed by atoms with Crippen molar-refractivity contribution in [2.45, 2.75) is 50.2 Å². The lowest BCUT2D eigenvalue weighted by Gasteiger charge is -2.54. The van der Waals surface area contributed by atoms with Gasteiger partial charge in [-0.05, 0) is 62.4 Å². The van der Waals surface area contributed by atoms with E-state index in [0.29, 0.717) is 28.5 Å². The van der Waals surface area contributed by atoms with Gasteiger partial charge in [0, 0.05) is 19.6 Å². The van der Waals surface area contributed by atoms with E-state index in [1.807, 2.05) is 12.1 Å². The molecule has 0 N–H and O–H groups in total. The van der Waals surface area contributed by atoms with Gasteiger partial charge in [-0.25, -0.2) is 0 Å². The minimum Gasteiger partial charge on any atom is -0.378 e. The van der Waals surface area contributed by atoms with Gasteiger partial charge in [0.1, 0.15) is 0 Å². The number of nitrogens with zero attached hydrogens (tertiary/aromatic N) is 3. The van der Waals surface area contributed by atoms with Crippen molar-refractivity contribution in [2.24, 2.45) is 5.92 Å². The number of piperazine rings is 1. The van der Waals surface area contributed by atoms with Crippen LogP contribution in [0.5, 0.6) is 0 Å². The molecule has 3 saturated heterocycles. The van der Waals surface area contributed by atoms with Crippen LogP contribution in [0.4, 0.5) is 0 Å². The highest BCUT2D eigenvalue weighted by Crippen LogP contribution is 2.35. The zero-order chi connectivity index (χ0) is 20.7. The number of fused-ring (bicyclic) bond motifs is 1. The van der Waals surface area contributed by atoms with Crippen LogP contribution in [0.3, 0.4) is 0 Å². The summed E-state index contributed by atoms with van der Waals surface area (Å²) in [6.45, 7) is 6.61. The van der Waals surface area contributed by atoms with Crippen LogP contribution in [0, 0.1) is 5.92 Å². The van der Waals surface area contributed by atoms with Crippen molar-refractivity contribution < 1.29 is 9.53 Å². The van der Waals surface area contributed by atoms with Gasteiger partial charge < -0.3 is 9.64 Å². The van der Waals surface area contributed by atoms with Crippen LogP contribution in [0.1, 0.15) is 31.2 Å². The van der Waals surface area contributed by atoms with E-state index in [1.54, 1.807) is 6.07 Å². The van der Waals surface area contributed by atoms with Crippen molar-refractivity contribution in [3.8, 4) is 0 Å². The first-order valence-electron chi connectivity index (χ1n) is 11.4. The molecule has 1 aromatic rings. The van der Waals surface area contributed by atoms with Crippen molar-refractivity contribution in [1.29, 1.82) is 0 Å². The van der Waals surface area contributed by atoms with Gasteiger partial charge in [0.2, 0.25) is 5.91 Å². The molecule has 1 saturated carbocycles. The molecule has 5 nitrogen and oxygen atoms in total. The molecule has 30 heavy (non-hydrogen) atoms. The van der Waals surface area contributed by atoms with Crippen LogP contribution >= 0.6 is 23.2 Å². The summed E-state index contributed by atoms with van der Waals surface area (Å²) in [5.74, 6) is 1.04. The standard InChI is InChI=1S/C23H31Cl2N3O2/c24-18-6-5-17(11-19(18)25)12-22(29)28-10-9-27(13-16-3-4-16)21-15-30-14-20(23(21)28)26-7-1-2-8-26/h5-6,11,16,20-21,23H,1-4,7-10,12-15H2/t20?,21-,23-/m1/s1. The molecule has 1 aliphatic carbocycles. The number of hydrogen-bond acceptors (Lipinski definition) is 4. The van der Waals surface area contributed by atoms with Gasteiger partial charge in [0.05, 0.1) is 47.8 Å². The van der Waals surface area contributed by atoms with Gasteiger partial charge >= 0.3 is 0 Å². The predicted molar refractivity (Wildman–Crippen MR) is 119 cm³/mol. The number of ether oxygens (including phenoxy) is 1. The maximum Gasteiger partial charge on any atom is 0.227 e. The van der Waals surface area contributed by atoms with Crippen LogP contribution in [-0.2, 0) is 16.0 Å². The van der Waals surface area contributed by atoms with E-state index < -0.39 is 0 Å². The second-order valence-corrected chi connectivity index (χ2v) is 10.2. The summed E-state index contributed by atoms with van der Waals surface area (Å²) in [4.78, 5) is 20.8. The highest BCUT2D eigenvalue weighted by molar-refractivity contribution is 6.42. The third-order valence-corrected chi connectivity index (χ3v) is 8.02.